The molecule has 4 nitrogen and oxygen atoms in total. The van der Waals surface area contributed by atoms with Gasteiger partial charge < -0.3 is 9.84 Å². The van der Waals surface area contributed by atoms with E-state index in [1.54, 1.807) is 13.8 Å². The zero-order valence-corrected chi connectivity index (χ0v) is 6.66. The Labute approximate surface area is 65.2 Å². The molecule has 0 fully saturated rings. The van der Waals surface area contributed by atoms with Gasteiger partial charge in [-0.15, -0.1) is 0 Å². The molecule has 0 spiro atoms. The molecule has 0 amide bonds. The van der Waals surface area contributed by atoms with Crippen molar-refractivity contribution in [3.63, 3.8) is 0 Å². The number of carbonyl (C=O) groups excluding carboxylic acids is 2. The van der Waals surface area contributed by atoms with Gasteiger partial charge in [0.1, 0.15) is 13.2 Å². The zero-order chi connectivity index (χ0) is 8.85. The smallest absolute Gasteiger partial charge is 0.332 e. The summed E-state index contributed by atoms with van der Waals surface area (Å²) in [4.78, 5) is 21.1. The fraction of sp³-hybridized carbons (Fsp3) is 0.714. The van der Waals surface area contributed by atoms with Crippen molar-refractivity contribution >= 4 is 11.8 Å². The maximum atomic E-state index is 10.8. The van der Waals surface area contributed by atoms with Crippen LogP contribution >= 0.6 is 0 Å². The van der Waals surface area contributed by atoms with Crippen LogP contribution in [0.1, 0.15) is 13.8 Å². The molecule has 0 aliphatic rings. The highest BCUT2D eigenvalue weighted by Crippen LogP contribution is 1.94. The van der Waals surface area contributed by atoms with E-state index in [-0.39, 0.29) is 18.3 Å². The Kier molecular flexibility index (Phi) is 4.45. The highest BCUT2D eigenvalue weighted by molar-refractivity contribution is 5.83. The van der Waals surface area contributed by atoms with Gasteiger partial charge in [-0.05, 0) is 0 Å². The fourth-order valence-electron chi connectivity index (χ4n) is 0.364. The number of hydrogen-bond acceptors (Lipinski definition) is 4. The molecule has 0 atom stereocenters. The first-order valence-electron chi connectivity index (χ1n) is 3.37. The van der Waals surface area contributed by atoms with Gasteiger partial charge >= 0.3 is 5.97 Å². The van der Waals surface area contributed by atoms with Gasteiger partial charge in [0, 0.05) is 5.92 Å². The zero-order valence-electron chi connectivity index (χ0n) is 6.66. The van der Waals surface area contributed by atoms with Crippen molar-refractivity contribution in [3.8, 4) is 0 Å². The van der Waals surface area contributed by atoms with Gasteiger partial charge in [0.05, 0.1) is 0 Å². The Morgan fingerprint density at radius 3 is 2.36 bits per heavy atom. The third-order valence-corrected chi connectivity index (χ3v) is 1.15. The maximum absolute atomic E-state index is 10.8. The quantitative estimate of drug-likeness (QED) is 0.576. The lowest BCUT2D eigenvalue weighted by atomic mass is 10.1. The molecule has 4 heteroatoms. The minimum Gasteiger partial charge on any atom is -0.456 e. The lowest BCUT2D eigenvalue weighted by molar-refractivity contribution is -0.151. The monoisotopic (exact) mass is 160 g/mol. The molecule has 0 heterocycles. The third kappa shape index (κ3) is 4.50. The van der Waals surface area contributed by atoms with Crippen LogP contribution in [-0.2, 0) is 14.3 Å². The number of ether oxygens (including phenoxy) is 1. The summed E-state index contributed by atoms with van der Waals surface area (Å²) >= 11 is 0. The van der Waals surface area contributed by atoms with E-state index in [1.807, 2.05) is 0 Å². The first-order chi connectivity index (χ1) is 5.07. The molecular formula is C7H12O4. The second-order valence-corrected chi connectivity index (χ2v) is 2.44. The van der Waals surface area contributed by atoms with Gasteiger partial charge in [-0.25, -0.2) is 4.79 Å². The molecule has 0 bridgehead atoms. The number of hydrogen-bond donors (Lipinski definition) is 1. The largest absolute Gasteiger partial charge is 0.456 e. The summed E-state index contributed by atoms with van der Waals surface area (Å²) < 4.78 is 4.38. The molecule has 0 unspecified atom stereocenters. The highest BCUT2D eigenvalue weighted by atomic mass is 16.5. The first kappa shape index (κ1) is 10.1. The topological polar surface area (TPSA) is 63.6 Å². The summed E-state index contributed by atoms with van der Waals surface area (Å²) in [6.45, 7) is 2.52. The van der Waals surface area contributed by atoms with Gasteiger partial charge in [-0.2, -0.15) is 0 Å². The Morgan fingerprint density at radius 2 is 2.00 bits per heavy atom. The second kappa shape index (κ2) is 4.85. The van der Waals surface area contributed by atoms with E-state index in [1.165, 1.54) is 0 Å². The van der Waals surface area contributed by atoms with E-state index in [4.69, 9.17) is 5.11 Å². The summed E-state index contributed by atoms with van der Waals surface area (Å²) in [6.07, 6.45) is 0. The number of ketones is 1. The van der Waals surface area contributed by atoms with E-state index >= 15 is 0 Å². The average molecular weight is 160 g/mol. The molecule has 0 aromatic heterocycles. The molecule has 0 saturated heterocycles. The van der Waals surface area contributed by atoms with E-state index < -0.39 is 12.6 Å². The number of aliphatic hydroxyl groups excluding tert-OH is 1. The Morgan fingerprint density at radius 1 is 1.45 bits per heavy atom. The summed E-state index contributed by atoms with van der Waals surface area (Å²) in [7, 11) is 0. The van der Waals surface area contributed by atoms with E-state index in [2.05, 4.69) is 4.74 Å². The molecule has 64 valence electrons. The van der Waals surface area contributed by atoms with Crippen LogP contribution < -0.4 is 0 Å². The number of rotatable bonds is 4. The summed E-state index contributed by atoms with van der Waals surface area (Å²) in [5, 5.41) is 8.20. The van der Waals surface area contributed by atoms with Crippen molar-refractivity contribution in [3.05, 3.63) is 0 Å². The number of carbonyl (C=O) groups is 2. The standard InChI is InChI=1S/C7H12O4/c1-5(2)6(9)4-11-7(10)3-8/h5,8H,3-4H2,1-2H3. The van der Waals surface area contributed by atoms with Crippen LogP contribution in [0, 0.1) is 5.92 Å². The van der Waals surface area contributed by atoms with Crippen molar-refractivity contribution in [2.24, 2.45) is 5.92 Å². The molecule has 11 heavy (non-hydrogen) atoms. The SMILES string of the molecule is CC(C)C(=O)COC(=O)CO. The van der Waals surface area contributed by atoms with Crippen molar-refractivity contribution < 1.29 is 19.4 Å². The van der Waals surface area contributed by atoms with E-state index in [0.717, 1.165) is 0 Å². The first-order valence-corrected chi connectivity index (χ1v) is 3.37. The van der Waals surface area contributed by atoms with Crippen LogP contribution in [0.15, 0.2) is 0 Å². The molecule has 0 aromatic carbocycles. The highest BCUT2D eigenvalue weighted by Gasteiger charge is 2.09. The summed E-state index contributed by atoms with van der Waals surface area (Å²) in [5.41, 5.74) is 0. The Hall–Kier alpha value is -0.900. The van der Waals surface area contributed by atoms with Crippen LogP contribution in [0.3, 0.4) is 0 Å². The molecule has 1 N–H and O–H groups in total. The molecule has 0 saturated carbocycles. The Balaban J connectivity index is 3.54. The van der Waals surface area contributed by atoms with Crippen LogP contribution in [0.2, 0.25) is 0 Å². The Bertz CT molecular complexity index is 151. The number of aliphatic hydroxyl groups is 1. The number of esters is 1. The second-order valence-electron chi connectivity index (χ2n) is 2.44. The number of Topliss-reactive ketones (excluding diaryl/α,β-unsaturated/α-hetero) is 1. The van der Waals surface area contributed by atoms with Gasteiger partial charge in [-0.3, -0.25) is 4.79 Å². The molecule has 0 rings (SSSR count). The van der Waals surface area contributed by atoms with Gasteiger partial charge in [-0.1, -0.05) is 13.8 Å². The van der Waals surface area contributed by atoms with Crippen LogP contribution in [0.5, 0.6) is 0 Å². The molecule has 0 aromatic rings. The normalized spacial score (nSPS) is 9.82. The molecule has 0 aliphatic heterocycles. The molecular weight excluding hydrogens is 148 g/mol. The van der Waals surface area contributed by atoms with Crippen molar-refractivity contribution in [1.82, 2.24) is 0 Å². The van der Waals surface area contributed by atoms with Gasteiger partial charge in [0.25, 0.3) is 0 Å². The van der Waals surface area contributed by atoms with Crippen LogP contribution in [-0.4, -0.2) is 30.1 Å². The minimum absolute atomic E-state index is 0.138. The molecule has 0 radical (unpaired) electrons. The summed E-state index contributed by atoms with van der Waals surface area (Å²) in [5.74, 6) is -1.05. The predicted molar refractivity (Wildman–Crippen MR) is 37.9 cm³/mol. The van der Waals surface area contributed by atoms with Gasteiger partial charge in [0.2, 0.25) is 0 Å². The fourth-order valence-corrected chi connectivity index (χ4v) is 0.364. The van der Waals surface area contributed by atoms with Crippen LogP contribution in [0.25, 0.3) is 0 Å². The maximum Gasteiger partial charge on any atom is 0.332 e. The average Bonchev–Trinajstić information content (AvgIpc) is 1.99. The lowest BCUT2D eigenvalue weighted by Gasteiger charge is -2.03. The summed E-state index contributed by atoms with van der Waals surface area (Å²) in [6, 6.07) is 0. The van der Waals surface area contributed by atoms with Crippen molar-refractivity contribution in [2.75, 3.05) is 13.2 Å². The van der Waals surface area contributed by atoms with Gasteiger partial charge in [0.15, 0.2) is 5.78 Å². The minimum atomic E-state index is -0.765. The predicted octanol–water partition coefficient (Wildman–Crippen LogP) is -0.253. The van der Waals surface area contributed by atoms with E-state index in [9.17, 15) is 9.59 Å². The molecule has 0 aliphatic carbocycles. The van der Waals surface area contributed by atoms with Crippen LogP contribution in [0.4, 0.5) is 0 Å². The van der Waals surface area contributed by atoms with E-state index in [0.29, 0.717) is 0 Å². The van der Waals surface area contributed by atoms with Crippen molar-refractivity contribution in [1.29, 1.82) is 0 Å². The lowest BCUT2D eigenvalue weighted by Crippen LogP contribution is -2.19. The van der Waals surface area contributed by atoms with Crippen molar-refractivity contribution in [2.45, 2.75) is 13.8 Å². The third-order valence-electron chi connectivity index (χ3n) is 1.15.